The van der Waals surface area contributed by atoms with Crippen LogP contribution in [0.15, 0.2) is 53.4 Å². The normalized spacial score (nSPS) is 11.5. The number of aryl methyl sites for hydroxylation is 2. The zero-order valence-electron chi connectivity index (χ0n) is 17.4. The molecule has 0 unspecified atom stereocenters. The van der Waals surface area contributed by atoms with Gasteiger partial charge in [-0.1, -0.05) is 88.8 Å². The number of sulfonamides is 1. The summed E-state index contributed by atoms with van der Waals surface area (Å²) in [7, 11) is -3.58. The van der Waals surface area contributed by atoms with Gasteiger partial charge >= 0.3 is 0 Å². The monoisotopic (exact) mass is 401 g/mol. The van der Waals surface area contributed by atoms with Crippen LogP contribution in [0.5, 0.6) is 0 Å². The van der Waals surface area contributed by atoms with Gasteiger partial charge in [-0.3, -0.25) is 4.72 Å². The maximum atomic E-state index is 12.9. The van der Waals surface area contributed by atoms with Gasteiger partial charge in [-0.05, 0) is 48.9 Å². The maximum absolute atomic E-state index is 12.9. The molecule has 0 saturated heterocycles. The molecule has 0 atom stereocenters. The molecule has 0 heterocycles. The molecule has 3 nitrogen and oxygen atoms in total. The minimum absolute atomic E-state index is 0.313. The second-order valence-electron chi connectivity index (χ2n) is 7.49. The Bertz CT molecular complexity index is 770. The molecule has 0 radical (unpaired) electrons. The van der Waals surface area contributed by atoms with Crippen molar-refractivity contribution in [3.63, 3.8) is 0 Å². The lowest BCUT2D eigenvalue weighted by Crippen LogP contribution is -2.16. The molecule has 0 aliphatic rings. The average Bonchev–Trinajstić information content (AvgIpc) is 2.71. The van der Waals surface area contributed by atoms with E-state index in [1.165, 1.54) is 38.5 Å². The maximum Gasteiger partial charge on any atom is 0.261 e. The Morgan fingerprint density at radius 3 is 1.71 bits per heavy atom. The summed E-state index contributed by atoms with van der Waals surface area (Å²) in [6.45, 7) is 4.41. The Kier molecular flexibility index (Phi) is 9.56. The van der Waals surface area contributed by atoms with Gasteiger partial charge in [-0.2, -0.15) is 0 Å². The first-order valence-electron chi connectivity index (χ1n) is 10.8. The second-order valence-corrected chi connectivity index (χ2v) is 9.17. The summed E-state index contributed by atoms with van der Waals surface area (Å²) in [5.74, 6) is 0. The fourth-order valence-corrected chi connectivity index (χ4v) is 4.64. The first kappa shape index (κ1) is 22.5. The Morgan fingerprint density at radius 1 is 0.679 bits per heavy atom. The van der Waals surface area contributed by atoms with Crippen molar-refractivity contribution in [1.29, 1.82) is 0 Å². The van der Waals surface area contributed by atoms with Crippen molar-refractivity contribution in [2.45, 2.75) is 83.0 Å². The van der Waals surface area contributed by atoms with Crippen molar-refractivity contribution < 1.29 is 8.42 Å². The molecular weight excluding hydrogens is 366 g/mol. The standard InChI is InChI=1S/C24H35NO2S/c1-3-5-7-10-15-21-17-14-18-22(16-11-8-6-4-2)24(21)25-28(26,27)23-19-12-9-13-20-23/h9,12-14,17-20,25H,3-8,10-11,15-16H2,1-2H3. The third-order valence-corrected chi connectivity index (χ3v) is 6.49. The molecule has 2 aromatic carbocycles. The third kappa shape index (κ3) is 6.97. The summed E-state index contributed by atoms with van der Waals surface area (Å²) in [4.78, 5) is 0.313. The smallest absolute Gasteiger partial charge is 0.261 e. The van der Waals surface area contributed by atoms with Crippen LogP contribution in [0, 0.1) is 0 Å². The summed E-state index contributed by atoms with van der Waals surface area (Å²) < 4.78 is 28.8. The summed E-state index contributed by atoms with van der Waals surface area (Å²) in [6, 6.07) is 14.9. The van der Waals surface area contributed by atoms with Crippen LogP contribution in [-0.2, 0) is 22.9 Å². The lowest BCUT2D eigenvalue weighted by molar-refractivity contribution is 0.601. The van der Waals surface area contributed by atoms with Crippen LogP contribution in [0.2, 0.25) is 0 Å². The highest BCUT2D eigenvalue weighted by atomic mass is 32.2. The van der Waals surface area contributed by atoms with Crippen molar-refractivity contribution in [1.82, 2.24) is 0 Å². The van der Waals surface area contributed by atoms with Gasteiger partial charge in [0.05, 0.1) is 10.6 Å². The molecular formula is C24H35NO2S. The molecule has 2 aromatic rings. The minimum atomic E-state index is -3.58. The number of hydrogen-bond donors (Lipinski definition) is 1. The molecule has 0 aromatic heterocycles. The van der Waals surface area contributed by atoms with Crippen LogP contribution in [0.1, 0.15) is 76.3 Å². The van der Waals surface area contributed by atoms with Gasteiger partial charge < -0.3 is 0 Å². The molecule has 2 rings (SSSR count). The predicted octanol–water partition coefficient (Wildman–Crippen LogP) is 6.73. The molecule has 28 heavy (non-hydrogen) atoms. The summed E-state index contributed by atoms with van der Waals surface area (Å²) in [5.41, 5.74) is 3.03. The lowest BCUT2D eigenvalue weighted by atomic mass is 9.98. The Balaban J connectivity index is 2.25. The topological polar surface area (TPSA) is 46.2 Å². The number of para-hydroxylation sites is 1. The molecule has 1 N–H and O–H groups in total. The van der Waals surface area contributed by atoms with Crippen LogP contribution in [0.4, 0.5) is 5.69 Å². The molecule has 0 fully saturated rings. The van der Waals surface area contributed by atoms with Crippen molar-refractivity contribution in [2.75, 3.05) is 4.72 Å². The van der Waals surface area contributed by atoms with Gasteiger partial charge in [0.2, 0.25) is 0 Å². The van der Waals surface area contributed by atoms with E-state index in [-0.39, 0.29) is 0 Å². The van der Waals surface area contributed by atoms with E-state index in [4.69, 9.17) is 0 Å². The van der Waals surface area contributed by atoms with Crippen LogP contribution >= 0.6 is 0 Å². The highest BCUT2D eigenvalue weighted by Gasteiger charge is 2.18. The number of anilines is 1. The molecule has 0 amide bonds. The quantitative estimate of drug-likeness (QED) is 0.378. The van der Waals surface area contributed by atoms with E-state index in [0.29, 0.717) is 4.90 Å². The first-order valence-corrected chi connectivity index (χ1v) is 12.3. The highest BCUT2D eigenvalue weighted by Crippen LogP contribution is 2.28. The van der Waals surface area contributed by atoms with E-state index in [0.717, 1.165) is 42.5 Å². The predicted molar refractivity (Wildman–Crippen MR) is 119 cm³/mol. The minimum Gasteiger partial charge on any atom is -0.279 e. The zero-order valence-corrected chi connectivity index (χ0v) is 18.2. The SMILES string of the molecule is CCCCCCc1cccc(CCCCCC)c1NS(=O)(=O)c1ccccc1. The van der Waals surface area contributed by atoms with Crippen LogP contribution in [0.25, 0.3) is 0 Å². The summed E-state index contributed by atoms with van der Waals surface area (Å²) in [5, 5.41) is 0. The molecule has 154 valence electrons. The number of rotatable bonds is 13. The van der Waals surface area contributed by atoms with E-state index >= 15 is 0 Å². The second kappa shape index (κ2) is 11.9. The summed E-state index contributed by atoms with van der Waals surface area (Å²) >= 11 is 0. The molecule has 0 saturated carbocycles. The van der Waals surface area contributed by atoms with Crippen LogP contribution in [0.3, 0.4) is 0 Å². The van der Waals surface area contributed by atoms with Crippen molar-refractivity contribution in [2.24, 2.45) is 0 Å². The number of nitrogens with one attached hydrogen (secondary N) is 1. The van der Waals surface area contributed by atoms with Crippen molar-refractivity contribution in [3.05, 3.63) is 59.7 Å². The van der Waals surface area contributed by atoms with E-state index in [9.17, 15) is 8.42 Å². The fraction of sp³-hybridized carbons (Fsp3) is 0.500. The van der Waals surface area contributed by atoms with Crippen molar-refractivity contribution in [3.8, 4) is 0 Å². The summed E-state index contributed by atoms with van der Waals surface area (Å²) in [6.07, 6.45) is 11.2. The molecule has 0 aliphatic heterocycles. The number of benzene rings is 2. The van der Waals surface area contributed by atoms with Gasteiger partial charge in [0, 0.05) is 0 Å². The Morgan fingerprint density at radius 2 is 1.21 bits per heavy atom. The van der Waals surface area contributed by atoms with Crippen molar-refractivity contribution >= 4 is 15.7 Å². The lowest BCUT2D eigenvalue weighted by Gasteiger charge is -2.17. The fourth-order valence-electron chi connectivity index (χ4n) is 3.48. The van der Waals surface area contributed by atoms with Crippen LogP contribution in [-0.4, -0.2) is 8.42 Å². The third-order valence-electron chi connectivity index (χ3n) is 5.13. The van der Waals surface area contributed by atoms with Gasteiger partial charge in [0.15, 0.2) is 0 Å². The van der Waals surface area contributed by atoms with Gasteiger partial charge in [-0.25, -0.2) is 8.42 Å². The van der Waals surface area contributed by atoms with Crippen LogP contribution < -0.4 is 4.72 Å². The molecule has 0 bridgehead atoms. The van der Waals surface area contributed by atoms with E-state index in [2.05, 4.69) is 36.8 Å². The van der Waals surface area contributed by atoms with Gasteiger partial charge in [0.25, 0.3) is 10.0 Å². The van der Waals surface area contributed by atoms with E-state index in [1.54, 1.807) is 24.3 Å². The highest BCUT2D eigenvalue weighted by molar-refractivity contribution is 7.92. The average molecular weight is 402 g/mol. The molecule has 0 spiro atoms. The number of hydrogen-bond acceptors (Lipinski definition) is 2. The Labute approximate surface area is 171 Å². The first-order chi connectivity index (χ1) is 13.6. The molecule has 0 aliphatic carbocycles. The Hall–Kier alpha value is -1.81. The number of unbranched alkanes of at least 4 members (excludes halogenated alkanes) is 6. The largest absolute Gasteiger partial charge is 0.279 e. The van der Waals surface area contributed by atoms with Gasteiger partial charge in [0.1, 0.15) is 0 Å². The van der Waals surface area contributed by atoms with E-state index in [1.807, 2.05) is 6.07 Å². The van der Waals surface area contributed by atoms with E-state index < -0.39 is 10.0 Å². The molecule has 4 heteroatoms. The van der Waals surface area contributed by atoms with Gasteiger partial charge in [-0.15, -0.1) is 0 Å². The zero-order chi connectivity index (χ0) is 20.2.